The smallest absolute Gasteiger partial charge is 0.413 e. The molecule has 1 amide bonds. The Bertz CT molecular complexity index is 766. The van der Waals surface area contributed by atoms with Crippen molar-refractivity contribution in [2.45, 2.75) is 32.8 Å². The molecule has 1 aliphatic heterocycles. The highest BCUT2D eigenvalue weighted by molar-refractivity contribution is 7.22. The number of nitrogens with zero attached hydrogens (tertiary/aromatic N) is 2. The van der Waals surface area contributed by atoms with Crippen LogP contribution in [0.3, 0.4) is 0 Å². The van der Waals surface area contributed by atoms with E-state index < -0.39 is 11.7 Å². The number of hydrogen-bond acceptors (Lipinski definition) is 7. The Labute approximate surface area is 163 Å². The largest absolute Gasteiger partial charge is 0.493 e. The van der Waals surface area contributed by atoms with Crippen LogP contribution >= 0.6 is 11.3 Å². The molecular formula is C19H27N3O4S. The molecule has 0 bridgehead atoms. The predicted octanol–water partition coefficient (Wildman–Crippen LogP) is 3.74. The number of benzene rings is 1. The van der Waals surface area contributed by atoms with Crippen LogP contribution in [0.1, 0.15) is 27.2 Å². The summed E-state index contributed by atoms with van der Waals surface area (Å²) in [5, 5.41) is 3.20. The van der Waals surface area contributed by atoms with Gasteiger partial charge in [-0.3, -0.25) is 10.2 Å². The average Bonchev–Trinajstić information content (AvgIpc) is 2.99. The zero-order valence-corrected chi connectivity index (χ0v) is 16.9. The van der Waals surface area contributed by atoms with Crippen LogP contribution in [0.2, 0.25) is 0 Å². The predicted molar refractivity (Wildman–Crippen MR) is 107 cm³/mol. The fourth-order valence-electron chi connectivity index (χ4n) is 2.74. The van der Waals surface area contributed by atoms with Gasteiger partial charge in [0.1, 0.15) is 11.4 Å². The maximum Gasteiger partial charge on any atom is 0.413 e. The number of thiazole rings is 1. The molecule has 0 atom stereocenters. The standard InChI is InChI=1S/C19H27N3O4S/c1-19(2,3)26-18(23)21-17-20-15-13-14(5-6-16(15)27-17)25-10-4-7-22-8-11-24-12-9-22/h5-6,13H,4,7-12H2,1-3H3,(H,20,21,23). The number of amides is 1. The summed E-state index contributed by atoms with van der Waals surface area (Å²) in [5.41, 5.74) is 0.264. The Balaban J connectivity index is 1.50. The van der Waals surface area contributed by atoms with Crippen molar-refractivity contribution in [1.82, 2.24) is 9.88 Å². The molecule has 2 heterocycles. The third kappa shape index (κ3) is 6.34. The SMILES string of the molecule is CC(C)(C)OC(=O)Nc1nc2cc(OCCCN3CCOCC3)ccc2s1. The van der Waals surface area contributed by atoms with Gasteiger partial charge in [-0.1, -0.05) is 11.3 Å². The molecule has 0 spiro atoms. The van der Waals surface area contributed by atoms with E-state index in [0.717, 1.165) is 55.2 Å². The summed E-state index contributed by atoms with van der Waals surface area (Å²) < 4.78 is 17.5. The van der Waals surface area contributed by atoms with E-state index in [-0.39, 0.29) is 0 Å². The number of nitrogens with one attached hydrogen (secondary N) is 1. The Hall–Kier alpha value is -1.90. The van der Waals surface area contributed by atoms with E-state index >= 15 is 0 Å². The molecule has 8 heteroatoms. The van der Waals surface area contributed by atoms with Gasteiger partial charge in [0.05, 0.1) is 30.0 Å². The number of aromatic nitrogens is 1. The van der Waals surface area contributed by atoms with Crippen LogP contribution in [-0.2, 0) is 9.47 Å². The summed E-state index contributed by atoms with van der Waals surface area (Å²) in [7, 11) is 0. The molecule has 27 heavy (non-hydrogen) atoms. The zero-order valence-electron chi connectivity index (χ0n) is 16.1. The summed E-state index contributed by atoms with van der Waals surface area (Å²) >= 11 is 1.41. The monoisotopic (exact) mass is 393 g/mol. The molecule has 1 aromatic heterocycles. The van der Waals surface area contributed by atoms with Gasteiger partial charge < -0.3 is 14.2 Å². The summed E-state index contributed by atoms with van der Waals surface area (Å²) in [6.07, 6.45) is 0.474. The van der Waals surface area contributed by atoms with Crippen molar-refractivity contribution in [3.63, 3.8) is 0 Å². The number of rotatable bonds is 6. The molecule has 3 rings (SSSR count). The van der Waals surface area contributed by atoms with Crippen LogP contribution in [0.5, 0.6) is 5.75 Å². The fraction of sp³-hybridized carbons (Fsp3) is 0.579. The van der Waals surface area contributed by atoms with Gasteiger partial charge in [-0.2, -0.15) is 0 Å². The quantitative estimate of drug-likeness (QED) is 0.754. The number of anilines is 1. The molecule has 0 saturated carbocycles. The van der Waals surface area contributed by atoms with Crippen LogP contribution in [0.15, 0.2) is 18.2 Å². The van der Waals surface area contributed by atoms with Crippen molar-refractivity contribution in [2.24, 2.45) is 0 Å². The highest BCUT2D eigenvalue weighted by Crippen LogP contribution is 2.29. The van der Waals surface area contributed by atoms with E-state index in [1.54, 1.807) is 0 Å². The minimum absolute atomic E-state index is 0.499. The normalized spacial score (nSPS) is 15.7. The Morgan fingerprint density at radius 3 is 2.85 bits per heavy atom. The number of morpholine rings is 1. The molecule has 2 aromatic rings. The van der Waals surface area contributed by atoms with Gasteiger partial charge in [-0.05, 0) is 39.3 Å². The van der Waals surface area contributed by atoms with Crippen LogP contribution in [0.4, 0.5) is 9.93 Å². The lowest BCUT2D eigenvalue weighted by Gasteiger charge is -2.26. The van der Waals surface area contributed by atoms with Gasteiger partial charge in [0.25, 0.3) is 0 Å². The molecule has 0 unspecified atom stereocenters. The van der Waals surface area contributed by atoms with E-state index in [9.17, 15) is 4.79 Å². The lowest BCUT2D eigenvalue weighted by atomic mass is 10.2. The average molecular weight is 394 g/mol. The van der Waals surface area contributed by atoms with Gasteiger partial charge >= 0.3 is 6.09 Å². The molecule has 148 valence electrons. The van der Waals surface area contributed by atoms with Gasteiger partial charge in [0.15, 0.2) is 5.13 Å². The van der Waals surface area contributed by atoms with Crippen molar-refractivity contribution in [2.75, 3.05) is 44.8 Å². The minimum Gasteiger partial charge on any atom is -0.493 e. The number of hydrogen-bond donors (Lipinski definition) is 1. The number of ether oxygens (including phenoxy) is 3. The molecular weight excluding hydrogens is 366 g/mol. The number of carbonyl (C=O) groups excluding carboxylic acids is 1. The summed E-state index contributed by atoms with van der Waals surface area (Å²) in [4.78, 5) is 18.7. The first-order chi connectivity index (χ1) is 12.9. The van der Waals surface area contributed by atoms with Crippen molar-refractivity contribution in [3.8, 4) is 5.75 Å². The van der Waals surface area contributed by atoms with Crippen molar-refractivity contribution >= 4 is 32.8 Å². The molecule has 0 radical (unpaired) electrons. The molecule has 1 aromatic carbocycles. The van der Waals surface area contributed by atoms with Gasteiger partial charge in [0.2, 0.25) is 0 Å². The lowest BCUT2D eigenvalue weighted by molar-refractivity contribution is 0.0358. The van der Waals surface area contributed by atoms with Crippen molar-refractivity contribution in [3.05, 3.63) is 18.2 Å². The fourth-order valence-corrected chi connectivity index (χ4v) is 3.58. The third-order valence-corrected chi connectivity index (χ3v) is 4.91. The van der Waals surface area contributed by atoms with Crippen LogP contribution in [0.25, 0.3) is 10.2 Å². The second-order valence-corrected chi connectivity index (χ2v) is 8.46. The highest BCUT2D eigenvalue weighted by atomic mass is 32.1. The number of carbonyl (C=O) groups is 1. The van der Waals surface area contributed by atoms with Crippen LogP contribution in [-0.4, -0.2) is 61.0 Å². The third-order valence-electron chi connectivity index (χ3n) is 3.96. The first-order valence-electron chi connectivity index (χ1n) is 9.22. The van der Waals surface area contributed by atoms with Crippen LogP contribution in [0, 0.1) is 0 Å². The van der Waals surface area contributed by atoms with Crippen LogP contribution < -0.4 is 10.1 Å². The Morgan fingerprint density at radius 1 is 1.33 bits per heavy atom. The highest BCUT2D eigenvalue weighted by Gasteiger charge is 2.17. The summed E-state index contributed by atoms with van der Waals surface area (Å²) in [6.45, 7) is 10.8. The van der Waals surface area contributed by atoms with E-state index in [1.165, 1.54) is 11.3 Å². The van der Waals surface area contributed by atoms with Gasteiger partial charge in [0, 0.05) is 25.7 Å². The maximum absolute atomic E-state index is 11.9. The first-order valence-corrected chi connectivity index (χ1v) is 10.0. The molecule has 1 N–H and O–H groups in total. The Kier molecular flexibility index (Phi) is 6.51. The molecule has 0 aliphatic carbocycles. The molecule has 7 nitrogen and oxygen atoms in total. The van der Waals surface area contributed by atoms with E-state index in [4.69, 9.17) is 14.2 Å². The first kappa shape index (κ1) is 19.9. The summed E-state index contributed by atoms with van der Waals surface area (Å²) in [5.74, 6) is 0.790. The Morgan fingerprint density at radius 2 is 2.11 bits per heavy atom. The lowest BCUT2D eigenvalue weighted by Crippen LogP contribution is -2.37. The van der Waals surface area contributed by atoms with Gasteiger partial charge in [-0.15, -0.1) is 0 Å². The molecule has 1 aliphatic rings. The topological polar surface area (TPSA) is 72.9 Å². The van der Waals surface area contributed by atoms with Gasteiger partial charge in [-0.25, -0.2) is 9.78 Å². The molecule has 1 fully saturated rings. The summed E-state index contributed by atoms with van der Waals surface area (Å²) in [6, 6.07) is 5.80. The van der Waals surface area contributed by atoms with Crippen molar-refractivity contribution in [1.29, 1.82) is 0 Å². The second-order valence-electron chi connectivity index (χ2n) is 7.43. The van der Waals surface area contributed by atoms with Crippen molar-refractivity contribution < 1.29 is 19.0 Å². The van der Waals surface area contributed by atoms with E-state index in [0.29, 0.717) is 11.7 Å². The molecule has 1 saturated heterocycles. The zero-order chi connectivity index (χ0) is 19.3. The van der Waals surface area contributed by atoms with E-state index in [2.05, 4.69) is 15.2 Å². The number of fused-ring (bicyclic) bond motifs is 1. The maximum atomic E-state index is 11.9. The second kappa shape index (κ2) is 8.86. The minimum atomic E-state index is -0.539. The van der Waals surface area contributed by atoms with E-state index in [1.807, 2.05) is 39.0 Å².